The van der Waals surface area contributed by atoms with Gasteiger partial charge in [0.1, 0.15) is 0 Å². The Morgan fingerprint density at radius 3 is 2.50 bits per heavy atom. The molecule has 0 aromatic carbocycles. The predicted molar refractivity (Wildman–Crippen MR) is 144 cm³/mol. The fourth-order valence-electron chi connectivity index (χ4n) is 8.82. The number of hydrogen-bond acceptors (Lipinski definition) is 5. The highest BCUT2D eigenvalue weighted by molar-refractivity contribution is 6.26. The van der Waals surface area contributed by atoms with E-state index in [9.17, 15) is 4.79 Å². The molecule has 0 aromatic heterocycles. The number of nitrogens with one attached hydrogen (secondary N) is 2. The maximum absolute atomic E-state index is 13.7. The molecule has 36 heavy (non-hydrogen) atoms. The molecule has 204 valence electrons. The molecule has 6 saturated heterocycles. The molecule has 6 heterocycles. The molecular formula is C28H46Cl2N4O2. The van der Waals surface area contributed by atoms with Crippen LogP contribution in [0.2, 0.25) is 0 Å². The van der Waals surface area contributed by atoms with Gasteiger partial charge in [0.2, 0.25) is 5.91 Å². The van der Waals surface area contributed by atoms with Crippen molar-refractivity contribution in [2.45, 2.75) is 106 Å². The van der Waals surface area contributed by atoms with Crippen molar-refractivity contribution in [3.8, 4) is 0 Å². The molecule has 6 aliphatic heterocycles. The van der Waals surface area contributed by atoms with Crippen LogP contribution in [-0.4, -0.2) is 71.0 Å². The van der Waals surface area contributed by atoms with Crippen molar-refractivity contribution in [3.63, 3.8) is 0 Å². The van der Waals surface area contributed by atoms with Gasteiger partial charge in [-0.3, -0.25) is 4.79 Å². The molecule has 6 nitrogen and oxygen atoms in total. The van der Waals surface area contributed by atoms with E-state index in [-0.39, 0.29) is 28.7 Å². The highest BCUT2D eigenvalue weighted by atomic mass is 35.5. The van der Waals surface area contributed by atoms with Crippen LogP contribution < -0.4 is 11.0 Å². The van der Waals surface area contributed by atoms with Crippen molar-refractivity contribution in [3.05, 3.63) is 0 Å². The first kappa shape index (κ1) is 26.1. The van der Waals surface area contributed by atoms with Gasteiger partial charge in [-0.2, -0.15) is 5.53 Å². The first-order valence-corrected chi connectivity index (χ1v) is 15.8. The summed E-state index contributed by atoms with van der Waals surface area (Å²) in [5.41, 5.74) is 7.19. The smallest absolute Gasteiger partial charge is 0.228 e. The van der Waals surface area contributed by atoms with Crippen molar-refractivity contribution >= 4 is 29.1 Å². The van der Waals surface area contributed by atoms with E-state index in [0.29, 0.717) is 23.9 Å². The minimum atomic E-state index is -0.281. The lowest BCUT2D eigenvalue weighted by atomic mass is 9.65. The van der Waals surface area contributed by atoms with Gasteiger partial charge in [0.25, 0.3) is 0 Å². The zero-order chi connectivity index (χ0) is 24.8. The van der Waals surface area contributed by atoms with Crippen LogP contribution >= 0.6 is 23.2 Å². The number of carbonyl (C=O) groups is 1. The molecule has 0 aromatic rings. The largest absolute Gasteiger partial charge is 0.378 e. The summed E-state index contributed by atoms with van der Waals surface area (Å²) in [5, 5.41) is 1.99. The molecule has 9 aliphatic rings. The third-order valence-corrected chi connectivity index (χ3v) is 11.8. The zero-order valence-corrected chi connectivity index (χ0v) is 23.4. The number of hydrazine groups is 2. The summed E-state index contributed by atoms with van der Waals surface area (Å²) in [6.07, 6.45) is 12.8. The summed E-state index contributed by atoms with van der Waals surface area (Å²) >= 11 is 13.7. The molecular weight excluding hydrogens is 495 g/mol. The van der Waals surface area contributed by atoms with Gasteiger partial charge in [-0.1, -0.05) is 13.3 Å². The monoisotopic (exact) mass is 540 g/mol. The minimum Gasteiger partial charge on any atom is -0.378 e. The fraction of sp³-hybridized carbons (Fsp3) is 0.964. The Morgan fingerprint density at radius 1 is 0.889 bits per heavy atom. The maximum atomic E-state index is 13.7. The molecule has 1 amide bonds. The molecule has 2 N–H and O–H groups in total. The van der Waals surface area contributed by atoms with Crippen molar-refractivity contribution in [1.82, 2.24) is 20.9 Å². The Kier molecular flexibility index (Phi) is 8.11. The van der Waals surface area contributed by atoms with Crippen molar-refractivity contribution in [2.75, 3.05) is 26.2 Å². The standard InChI is InChI=1S/C28H46Cl2N4O2/c1-17-20-6-7-25-27(17)31-32-34(25)9-2-3-11-36-22-14-23(29)26(24(30)15-22)28(35)33-10-8-19-5-4-18(12-20)13-21(19)16-33/h17-27,31-32H,2-16H2,1H3. The van der Waals surface area contributed by atoms with E-state index >= 15 is 0 Å². The number of rotatable bonds is 0. The fourth-order valence-corrected chi connectivity index (χ4v) is 9.86. The first-order valence-electron chi connectivity index (χ1n) is 14.9. The van der Waals surface area contributed by atoms with Gasteiger partial charge in [-0.25, -0.2) is 10.4 Å². The van der Waals surface area contributed by atoms with Crippen LogP contribution in [0.5, 0.6) is 0 Å². The lowest BCUT2D eigenvalue weighted by molar-refractivity contribution is -0.140. The summed E-state index contributed by atoms with van der Waals surface area (Å²) in [7, 11) is 0. The van der Waals surface area contributed by atoms with Crippen LogP contribution in [0, 0.1) is 35.5 Å². The highest BCUT2D eigenvalue weighted by Crippen LogP contribution is 2.45. The maximum Gasteiger partial charge on any atom is 0.228 e. The molecule has 0 spiro atoms. The van der Waals surface area contributed by atoms with Gasteiger partial charge in [-0.05, 0) is 93.8 Å². The molecule has 10 atom stereocenters. The van der Waals surface area contributed by atoms with Crippen molar-refractivity contribution < 1.29 is 9.53 Å². The van der Waals surface area contributed by atoms with Crippen LogP contribution in [0.4, 0.5) is 0 Å². The summed E-state index contributed by atoms with van der Waals surface area (Å²) in [6.45, 7) is 6.06. The summed E-state index contributed by atoms with van der Waals surface area (Å²) < 4.78 is 6.23. The van der Waals surface area contributed by atoms with Gasteiger partial charge in [0.15, 0.2) is 0 Å². The van der Waals surface area contributed by atoms with E-state index in [4.69, 9.17) is 27.9 Å². The Labute approximate surface area is 227 Å². The van der Waals surface area contributed by atoms with E-state index in [0.717, 1.165) is 76.1 Å². The van der Waals surface area contributed by atoms with E-state index in [2.05, 4.69) is 27.8 Å². The third-order valence-electron chi connectivity index (χ3n) is 10.9. The second kappa shape index (κ2) is 11.2. The molecule has 9 rings (SSSR count). The number of carbonyl (C=O) groups excluding carboxylic acids is 1. The van der Waals surface area contributed by atoms with Crippen LogP contribution in [0.25, 0.3) is 0 Å². The van der Waals surface area contributed by atoms with Gasteiger partial charge in [-0.15, -0.1) is 23.2 Å². The number of amides is 1. The molecule has 8 heteroatoms. The SMILES string of the molecule is CC1C2CCC3C1NNN3CCCCOC1CC(Cl)C(C(=O)N3CCC4CCC(CC4C3)C2)C(Cl)C1. The van der Waals surface area contributed by atoms with Gasteiger partial charge >= 0.3 is 0 Å². The van der Waals surface area contributed by atoms with E-state index in [1.54, 1.807) is 0 Å². The van der Waals surface area contributed by atoms with Crippen molar-refractivity contribution in [2.24, 2.45) is 35.5 Å². The highest BCUT2D eigenvalue weighted by Gasteiger charge is 2.47. The number of piperidine rings is 1. The lowest BCUT2D eigenvalue weighted by Gasteiger charge is -2.47. The predicted octanol–water partition coefficient (Wildman–Crippen LogP) is 4.55. The van der Waals surface area contributed by atoms with E-state index < -0.39 is 0 Å². The van der Waals surface area contributed by atoms with E-state index in [1.807, 2.05) is 0 Å². The van der Waals surface area contributed by atoms with Gasteiger partial charge < -0.3 is 9.64 Å². The second-order valence-electron chi connectivity index (χ2n) is 13.0. The Morgan fingerprint density at radius 2 is 1.67 bits per heavy atom. The number of halogens is 2. The number of nitrogens with zero attached hydrogens (tertiary/aromatic N) is 2. The Balaban J connectivity index is 1.18. The molecule has 3 aliphatic carbocycles. The second-order valence-corrected chi connectivity index (χ2v) is 14.1. The summed E-state index contributed by atoms with van der Waals surface area (Å²) in [5.74, 6) is 3.65. The normalized spacial score (nSPS) is 50.3. The van der Waals surface area contributed by atoms with E-state index in [1.165, 1.54) is 38.5 Å². The molecule has 0 radical (unpaired) electrons. The molecule has 10 unspecified atom stereocenters. The van der Waals surface area contributed by atoms with Gasteiger partial charge in [0.05, 0.1) is 12.0 Å². The molecule has 9 fully saturated rings. The third kappa shape index (κ3) is 5.21. The first-order chi connectivity index (χ1) is 17.5. The topological polar surface area (TPSA) is 56.8 Å². The quantitative estimate of drug-likeness (QED) is 0.441. The number of ether oxygens (including phenoxy) is 1. The van der Waals surface area contributed by atoms with Gasteiger partial charge in [0, 0.05) is 49.1 Å². The summed E-state index contributed by atoms with van der Waals surface area (Å²) in [6, 6.07) is 1.15. The van der Waals surface area contributed by atoms with Crippen LogP contribution in [-0.2, 0) is 9.53 Å². The van der Waals surface area contributed by atoms with Crippen LogP contribution in [0.1, 0.15) is 77.6 Å². The lowest BCUT2D eigenvalue weighted by Crippen LogP contribution is -2.53. The molecule has 3 saturated carbocycles. The minimum absolute atomic E-state index is 0.0603. The average molecular weight is 542 g/mol. The Bertz CT molecular complexity index is 777. The van der Waals surface area contributed by atoms with Crippen LogP contribution in [0.3, 0.4) is 0 Å². The average Bonchev–Trinajstić information content (AvgIpc) is 3.28. The summed E-state index contributed by atoms with van der Waals surface area (Å²) in [4.78, 5) is 15.8. The zero-order valence-electron chi connectivity index (χ0n) is 21.9. The van der Waals surface area contributed by atoms with Crippen molar-refractivity contribution in [1.29, 1.82) is 0 Å². The number of hydrogen-bond donors (Lipinski definition) is 2. The molecule has 9 bridgehead atoms. The Hall–Kier alpha value is -0.110. The van der Waals surface area contributed by atoms with Crippen LogP contribution in [0.15, 0.2) is 0 Å². The number of alkyl halides is 2.